The van der Waals surface area contributed by atoms with E-state index in [9.17, 15) is 14.2 Å². The molecule has 1 saturated heterocycles. The summed E-state index contributed by atoms with van der Waals surface area (Å²) >= 11 is 0. The minimum absolute atomic E-state index is 0.0173. The molecular formula is C48H53FN9O6P. The number of nitrogens with two attached hydrogens (primary N) is 1. The lowest BCUT2D eigenvalue weighted by Gasteiger charge is -2.34. The summed E-state index contributed by atoms with van der Waals surface area (Å²) in [4.78, 5) is 47.3. The predicted molar refractivity (Wildman–Crippen MR) is 247 cm³/mol. The first-order valence-electron chi connectivity index (χ1n) is 22.5. The van der Waals surface area contributed by atoms with E-state index < -0.39 is 30.2 Å². The molecule has 1 amide bonds. The van der Waals surface area contributed by atoms with Crippen LogP contribution in [0.3, 0.4) is 0 Å². The van der Waals surface area contributed by atoms with Gasteiger partial charge in [-0.3, -0.25) is 23.4 Å². The molecule has 3 aromatic carbocycles. The number of halogens is 1. The number of aromatic amines is 1. The largest absolute Gasteiger partial charge is 0.438 e. The Bertz CT molecular complexity index is 3190. The van der Waals surface area contributed by atoms with Crippen LogP contribution < -0.4 is 22.5 Å². The maximum absolute atomic E-state index is 15.5. The number of nitrogens with zero attached hydrogens (tertiary/aromatic N) is 7. The van der Waals surface area contributed by atoms with Crippen molar-refractivity contribution in [1.82, 2.24) is 38.5 Å². The van der Waals surface area contributed by atoms with Crippen molar-refractivity contribution in [3.63, 3.8) is 0 Å². The van der Waals surface area contributed by atoms with Gasteiger partial charge in [0.15, 0.2) is 5.82 Å². The zero-order chi connectivity index (χ0) is 45.7. The smallest absolute Gasteiger partial charge is 0.398 e. The standard InChI is InChI=1S/C48H53FN9O6P/c1-7-65(62,8-2)40-12-10-34(25-36(40)50)55-17-18-56(47(55)61)43-41-30(6)54(16-13-37(41)52-58(43)35-21-27(3)42(49)28(4)22-35)44(59)39-24-33-23-32(31-14-19-63-20-15-31)9-11-38(33)57(39)48(26-29(48)5)45-51-46(60)64-53-45/h9-12,17-18,21-25,29-31H,7-8,13-16,19-20,26,50H2,1-6H3,(H,51,53,60)/t29-,30-,48-/m0/s1. The van der Waals surface area contributed by atoms with Crippen molar-refractivity contribution >= 4 is 34.9 Å². The molecule has 2 fully saturated rings. The Kier molecular flexibility index (Phi) is 10.3. The summed E-state index contributed by atoms with van der Waals surface area (Å²) < 4.78 is 46.2. The lowest BCUT2D eigenvalue weighted by molar-refractivity contribution is 0.0663. The number of ether oxygens (including phenoxy) is 1. The van der Waals surface area contributed by atoms with Gasteiger partial charge < -0.3 is 24.5 Å². The number of benzene rings is 3. The Labute approximate surface area is 374 Å². The Balaban J connectivity index is 1.11. The zero-order valence-electron chi connectivity index (χ0n) is 37.4. The number of rotatable bonds is 10. The lowest BCUT2D eigenvalue weighted by Crippen LogP contribution is -2.41. The van der Waals surface area contributed by atoms with Crippen LogP contribution in [0, 0.1) is 25.6 Å². The van der Waals surface area contributed by atoms with E-state index in [0.29, 0.717) is 113 Å². The monoisotopic (exact) mass is 901 g/mol. The second kappa shape index (κ2) is 15.7. The van der Waals surface area contributed by atoms with Gasteiger partial charge in [-0.1, -0.05) is 32.0 Å². The Morgan fingerprint density at radius 1 is 0.969 bits per heavy atom. The summed E-state index contributed by atoms with van der Waals surface area (Å²) in [6.45, 7) is 12.9. The van der Waals surface area contributed by atoms with Gasteiger partial charge in [0, 0.05) is 78.4 Å². The number of nitrogens with one attached hydrogen (secondary N) is 1. The topological polar surface area (TPSA) is 181 Å². The van der Waals surface area contributed by atoms with E-state index in [4.69, 9.17) is 20.1 Å². The number of hydrogen-bond donors (Lipinski definition) is 2. The van der Waals surface area contributed by atoms with E-state index in [0.717, 1.165) is 23.7 Å². The fourth-order valence-corrected chi connectivity index (χ4v) is 12.6. The van der Waals surface area contributed by atoms with Crippen molar-refractivity contribution in [2.24, 2.45) is 5.92 Å². The number of nitrogen functional groups attached to an aromatic ring is 1. The SMILES string of the molecule is CCP(=O)(CC)c1ccc(-n2ccn(-c3c4c(nn3-c3cc(C)c(F)c(C)c3)CCN(C(=O)c3cc5cc(C6CCOCC6)ccc5n3[C@@]3(c5noc(=O)[nH]5)C[C@@H]3C)[C@H]4C)c2=O)cc1N. The number of fused-ring (bicyclic) bond motifs is 2. The maximum atomic E-state index is 15.5. The van der Waals surface area contributed by atoms with Gasteiger partial charge >= 0.3 is 11.4 Å². The van der Waals surface area contributed by atoms with Gasteiger partial charge in [-0.25, -0.2) is 18.7 Å². The second-order valence-corrected chi connectivity index (χ2v) is 21.6. The Hall–Kier alpha value is -6.25. The Morgan fingerprint density at radius 3 is 2.32 bits per heavy atom. The zero-order valence-corrected chi connectivity index (χ0v) is 38.3. The number of imidazole rings is 1. The number of H-pyrrole nitrogens is 1. The molecular weight excluding hydrogens is 849 g/mol. The van der Waals surface area contributed by atoms with Crippen LogP contribution >= 0.6 is 7.14 Å². The molecule has 3 atom stereocenters. The number of anilines is 1. The van der Waals surface area contributed by atoms with Crippen molar-refractivity contribution in [3.05, 3.63) is 133 Å². The highest BCUT2D eigenvalue weighted by atomic mass is 31.2. The fourth-order valence-electron chi connectivity index (χ4n) is 10.6. The van der Waals surface area contributed by atoms with Gasteiger partial charge in [-0.2, -0.15) is 5.10 Å². The fraction of sp³-hybridized carbons (Fsp3) is 0.396. The molecule has 10 rings (SSSR count). The van der Waals surface area contributed by atoms with Crippen molar-refractivity contribution in [2.45, 2.75) is 84.7 Å². The van der Waals surface area contributed by atoms with Crippen LogP contribution in [0.4, 0.5) is 10.1 Å². The van der Waals surface area contributed by atoms with Crippen LogP contribution in [0.15, 0.2) is 81.1 Å². The molecule has 6 heterocycles. The molecule has 1 aliphatic carbocycles. The average molecular weight is 902 g/mol. The van der Waals surface area contributed by atoms with E-state index in [1.165, 1.54) is 14.7 Å². The van der Waals surface area contributed by atoms with Crippen LogP contribution in [-0.2, 0) is 21.3 Å². The van der Waals surface area contributed by atoms with Crippen LogP contribution in [0.25, 0.3) is 28.1 Å². The molecule has 0 radical (unpaired) electrons. The molecule has 1 saturated carbocycles. The number of carbonyl (C=O) groups is 1. The molecule has 15 nitrogen and oxygen atoms in total. The van der Waals surface area contributed by atoms with E-state index in [2.05, 4.69) is 35.3 Å². The highest BCUT2D eigenvalue weighted by Gasteiger charge is 2.59. The average Bonchev–Trinajstić information content (AvgIpc) is 3.80. The third kappa shape index (κ3) is 6.69. The first-order valence-corrected chi connectivity index (χ1v) is 24.6. The number of aromatic nitrogens is 7. The summed E-state index contributed by atoms with van der Waals surface area (Å²) in [5.41, 5.74) is 11.4. The van der Waals surface area contributed by atoms with Gasteiger partial charge in [-0.15, -0.1) is 0 Å². The normalized spacial score (nSPS) is 20.1. The number of hydrogen-bond acceptors (Lipinski definition) is 9. The van der Waals surface area contributed by atoms with Crippen molar-refractivity contribution in [3.8, 4) is 17.2 Å². The van der Waals surface area contributed by atoms with Crippen LogP contribution in [-0.4, -0.2) is 76.5 Å². The maximum Gasteiger partial charge on any atom is 0.438 e. The minimum Gasteiger partial charge on any atom is -0.398 e. The molecule has 4 aromatic heterocycles. The number of aryl methyl sites for hydroxylation is 2. The van der Waals surface area contributed by atoms with E-state index in [1.54, 1.807) is 61.3 Å². The molecule has 3 aliphatic rings. The molecule has 7 aromatic rings. The van der Waals surface area contributed by atoms with Crippen LogP contribution in [0.2, 0.25) is 0 Å². The van der Waals surface area contributed by atoms with Crippen molar-refractivity contribution in [1.29, 1.82) is 0 Å². The number of amides is 1. The van der Waals surface area contributed by atoms with Crippen LogP contribution in [0.5, 0.6) is 0 Å². The van der Waals surface area contributed by atoms with Crippen molar-refractivity contribution in [2.75, 3.05) is 37.8 Å². The summed E-state index contributed by atoms with van der Waals surface area (Å²) in [5, 5.41) is 10.8. The third-order valence-corrected chi connectivity index (χ3v) is 17.7. The van der Waals surface area contributed by atoms with Gasteiger partial charge in [0.2, 0.25) is 0 Å². The molecule has 17 heteroatoms. The summed E-state index contributed by atoms with van der Waals surface area (Å²) in [7, 11) is -2.70. The molecule has 0 unspecified atom stereocenters. The summed E-state index contributed by atoms with van der Waals surface area (Å²) in [6, 6.07) is 16.3. The first-order chi connectivity index (χ1) is 31.2. The number of carbonyl (C=O) groups excluding carboxylic acids is 1. The summed E-state index contributed by atoms with van der Waals surface area (Å²) in [6.07, 6.45) is 7.07. The third-order valence-electron chi connectivity index (χ3n) is 14.4. The van der Waals surface area contributed by atoms with E-state index >= 15 is 9.18 Å². The van der Waals surface area contributed by atoms with Crippen LogP contribution in [0.1, 0.15) is 103 Å². The Morgan fingerprint density at radius 2 is 1.68 bits per heavy atom. The molecule has 0 bridgehead atoms. The second-order valence-electron chi connectivity index (χ2n) is 18.0. The van der Waals surface area contributed by atoms with Gasteiger partial charge in [-0.05, 0) is 117 Å². The van der Waals surface area contributed by atoms with E-state index in [-0.39, 0.29) is 17.6 Å². The lowest BCUT2D eigenvalue weighted by atomic mass is 9.91. The molecule has 2 aliphatic heterocycles. The minimum atomic E-state index is -2.70. The van der Waals surface area contributed by atoms with E-state index in [1.807, 2.05) is 36.3 Å². The molecule has 3 N–H and O–H groups in total. The quantitative estimate of drug-likeness (QED) is 0.106. The van der Waals surface area contributed by atoms with Gasteiger partial charge in [0.25, 0.3) is 5.91 Å². The predicted octanol–water partition coefficient (Wildman–Crippen LogP) is 7.25. The summed E-state index contributed by atoms with van der Waals surface area (Å²) in [5.74, 6) is -0.103. The van der Waals surface area contributed by atoms with Crippen molar-refractivity contribution < 1.29 is 23.0 Å². The molecule has 65 heavy (non-hydrogen) atoms. The molecule has 338 valence electrons. The van der Waals surface area contributed by atoms with Gasteiger partial charge in [0.1, 0.15) is 30.0 Å². The highest BCUT2D eigenvalue weighted by molar-refractivity contribution is 7.71. The first kappa shape index (κ1) is 42.7. The highest BCUT2D eigenvalue weighted by Crippen LogP contribution is 2.56. The van der Waals surface area contributed by atoms with Gasteiger partial charge in [0.05, 0.1) is 23.1 Å². The molecule has 0 spiro atoms.